The number of tetrazole rings is 1. The van der Waals surface area contributed by atoms with Gasteiger partial charge in [-0.1, -0.05) is 0 Å². The van der Waals surface area contributed by atoms with Crippen LogP contribution < -0.4 is 5.73 Å². The molecule has 0 unspecified atom stereocenters. The van der Waals surface area contributed by atoms with E-state index in [9.17, 15) is 8.78 Å². The molecule has 0 spiro atoms. The van der Waals surface area contributed by atoms with Gasteiger partial charge in [0.05, 0.1) is 23.4 Å². The van der Waals surface area contributed by atoms with E-state index in [1.807, 2.05) is 13.8 Å². The second kappa shape index (κ2) is 5.12. The standard InChI is InChI=1S/C12H15F2N5O/c1-12(2,6-20-3)19-11(16-17-18-19)7-4-10(15)9(14)5-8(7)13/h4-5H,6,15H2,1-3H3. The summed E-state index contributed by atoms with van der Waals surface area (Å²) in [6.07, 6.45) is 0. The molecule has 0 radical (unpaired) electrons. The third kappa shape index (κ3) is 2.46. The third-order valence-corrected chi connectivity index (χ3v) is 2.87. The Bertz CT molecular complexity index is 626. The summed E-state index contributed by atoms with van der Waals surface area (Å²) in [5, 5.41) is 11.2. The summed E-state index contributed by atoms with van der Waals surface area (Å²) in [7, 11) is 1.54. The van der Waals surface area contributed by atoms with Crippen molar-refractivity contribution in [2.75, 3.05) is 19.5 Å². The number of hydrogen-bond donors (Lipinski definition) is 1. The lowest BCUT2D eigenvalue weighted by Crippen LogP contribution is -2.33. The first kappa shape index (κ1) is 14.3. The van der Waals surface area contributed by atoms with Crippen molar-refractivity contribution in [1.29, 1.82) is 0 Å². The number of ether oxygens (including phenoxy) is 1. The normalized spacial score (nSPS) is 11.8. The Kier molecular flexibility index (Phi) is 3.67. The van der Waals surface area contributed by atoms with E-state index in [0.717, 1.165) is 0 Å². The monoisotopic (exact) mass is 283 g/mol. The van der Waals surface area contributed by atoms with Gasteiger partial charge in [0.2, 0.25) is 0 Å². The molecule has 0 saturated carbocycles. The maximum Gasteiger partial charge on any atom is 0.185 e. The minimum Gasteiger partial charge on any atom is -0.396 e. The molecule has 0 bridgehead atoms. The van der Waals surface area contributed by atoms with Gasteiger partial charge in [-0.15, -0.1) is 5.10 Å². The largest absolute Gasteiger partial charge is 0.396 e. The minimum atomic E-state index is -0.818. The van der Waals surface area contributed by atoms with Crippen LogP contribution in [-0.4, -0.2) is 33.9 Å². The molecule has 6 nitrogen and oxygen atoms in total. The first-order valence-corrected chi connectivity index (χ1v) is 5.89. The van der Waals surface area contributed by atoms with Gasteiger partial charge in [0.25, 0.3) is 0 Å². The zero-order chi connectivity index (χ0) is 14.9. The number of benzene rings is 1. The van der Waals surface area contributed by atoms with Crippen molar-refractivity contribution in [2.24, 2.45) is 0 Å². The van der Waals surface area contributed by atoms with Crippen LogP contribution in [0.25, 0.3) is 11.4 Å². The van der Waals surface area contributed by atoms with Gasteiger partial charge >= 0.3 is 0 Å². The molecule has 0 aliphatic heterocycles. The van der Waals surface area contributed by atoms with Crippen LogP contribution in [0.3, 0.4) is 0 Å². The Hall–Kier alpha value is -2.09. The van der Waals surface area contributed by atoms with Crippen LogP contribution in [0.2, 0.25) is 0 Å². The fraction of sp³-hybridized carbons (Fsp3) is 0.417. The maximum absolute atomic E-state index is 13.9. The molecule has 0 amide bonds. The topological polar surface area (TPSA) is 78.8 Å². The van der Waals surface area contributed by atoms with Gasteiger partial charge in [-0.05, 0) is 30.3 Å². The molecular formula is C12H15F2N5O. The fourth-order valence-corrected chi connectivity index (χ4v) is 1.91. The molecule has 0 aliphatic rings. The molecule has 2 aromatic rings. The van der Waals surface area contributed by atoms with Gasteiger partial charge in [-0.2, -0.15) is 0 Å². The molecule has 2 rings (SSSR count). The predicted octanol–water partition coefficient (Wildman–Crippen LogP) is 1.58. The summed E-state index contributed by atoms with van der Waals surface area (Å²) in [5.74, 6) is -1.43. The number of aromatic nitrogens is 4. The van der Waals surface area contributed by atoms with Crippen LogP contribution in [0, 0.1) is 11.6 Å². The Labute approximate surface area is 114 Å². The highest BCUT2D eigenvalue weighted by Gasteiger charge is 2.27. The smallest absolute Gasteiger partial charge is 0.185 e. The van der Waals surface area contributed by atoms with Crippen LogP contribution in [0.15, 0.2) is 12.1 Å². The number of hydrogen-bond acceptors (Lipinski definition) is 5. The second-order valence-corrected chi connectivity index (χ2v) is 5.01. The first-order chi connectivity index (χ1) is 9.36. The van der Waals surface area contributed by atoms with Gasteiger partial charge in [0.15, 0.2) is 5.82 Å². The fourth-order valence-electron chi connectivity index (χ4n) is 1.91. The number of rotatable bonds is 4. The van der Waals surface area contributed by atoms with Gasteiger partial charge in [0.1, 0.15) is 11.6 Å². The van der Waals surface area contributed by atoms with Crippen LogP contribution in [0.5, 0.6) is 0 Å². The summed E-state index contributed by atoms with van der Waals surface area (Å²) in [4.78, 5) is 0. The Balaban J connectivity index is 2.56. The molecular weight excluding hydrogens is 268 g/mol. The van der Waals surface area contributed by atoms with Crippen molar-refractivity contribution >= 4 is 5.69 Å². The lowest BCUT2D eigenvalue weighted by atomic mass is 10.1. The Morgan fingerprint density at radius 2 is 2.00 bits per heavy atom. The summed E-state index contributed by atoms with van der Waals surface area (Å²) < 4.78 is 33.6. The van der Waals surface area contributed by atoms with Crippen molar-refractivity contribution in [3.8, 4) is 11.4 Å². The number of nitrogens with zero attached hydrogens (tertiary/aromatic N) is 4. The number of nitrogen functional groups attached to an aromatic ring is 1. The van der Waals surface area contributed by atoms with E-state index in [2.05, 4.69) is 15.5 Å². The van der Waals surface area contributed by atoms with Gasteiger partial charge in [-0.25, -0.2) is 13.5 Å². The molecule has 1 aromatic heterocycles. The van der Waals surface area contributed by atoms with Crippen LogP contribution in [0.1, 0.15) is 13.8 Å². The molecule has 0 fully saturated rings. The number of halogens is 2. The minimum absolute atomic E-state index is 0.0399. The van der Waals surface area contributed by atoms with Crippen molar-refractivity contribution in [1.82, 2.24) is 20.2 Å². The van der Waals surface area contributed by atoms with Crippen molar-refractivity contribution in [3.63, 3.8) is 0 Å². The zero-order valence-electron chi connectivity index (χ0n) is 11.4. The molecule has 108 valence electrons. The van der Waals surface area contributed by atoms with Crippen LogP contribution in [-0.2, 0) is 10.3 Å². The molecule has 0 atom stereocenters. The SMILES string of the molecule is COCC(C)(C)n1nnnc1-c1cc(N)c(F)cc1F. The molecule has 20 heavy (non-hydrogen) atoms. The summed E-state index contributed by atoms with van der Waals surface area (Å²) in [6.45, 7) is 3.99. The lowest BCUT2D eigenvalue weighted by Gasteiger charge is -2.24. The van der Waals surface area contributed by atoms with E-state index in [0.29, 0.717) is 12.7 Å². The van der Waals surface area contributed by atoms with Crippen molar-refractivity contribution < 1.29 is 13.5 Å². The van der Waals surface area contributed by atoms with E-state index < -0.39 is 17.2 Å². The lowest BCUT2D eigenvalue weighted by molar-refractivity contribution is 0.101. The highest BCUT2D eigenvalue weighted by atomic mass is 19.1. The maximum atomic E-state index is 13.9. The van der Waals surface area contributed by atoms with Crippen LogP contribution in [0.4, 0.5) is 14.5 Å². The number of nitrogens with two attached hydrogens (primary N) is 1. The molecule has 0 saturated heterocycles. The average molecular weight is 283 g/mol. The number of methoxy groups -OCH3 is 1. The summed E-state index contributed by atoms with van der Waals surface area (Å²) >= 11 is 0. The highest BCUT2D eigenvalue weighted by molar-refractivity contribution is 5.62. The molecule has 1 heterocycles. The van der Waals surface area contributed by atoms with E-state index >= 15 is 0 Å². The summed E-state index contributed by atoms with van der Waals surface area (Å²) in [5.41, 5.74) is 4.75. The highest BCUT2D eigenvalue weighted by Crippen LogP contribution is 2.28. The van der Waals surface area contributed by atoms with Crippen molar-refractivity contribution in [2.45, 2.75) is 19.4 Å². The quantitative estimate of drug-likeness (QED) is 0.862. The summed E-state index contributed by atoms with van der Waals surface area (Å²) in [6, 6.07) is 1.89. The van der Waals surface area contributed by atoms with E-state index in [-0.39, 0.29) is 17.1 Å². The van der Waals surface area contributed by atoms with Crippen LogP contribution >= 0.6 is 0 Å². The molecule has 2 N–H and O–H groups in total. The number of anilines is 1. The van der Waals surface area contributed by atoms with E-state index in [1.165, 1.54) is 10.7 Å². The molecule has 1 aromatic carbocycles. The average Bonchev–Trinajstić information content (AvgIpc) is 2.83. The van der Waals surface area contributed by atoms with Gasteiger partial charge in [0, 0.05) is 13.2 Å². The first-order valence-electron chi connectivity index (χ1n) is 5.89. The van der Waals surface area contributed by atoms with Gasteiger partial charge < -0.3 is 10.5 Å². The van der Waals surface area contributed by atoms with Gasteiger partial charge in [-0.3, -0.25) is 0 Å². The Morgan fingerprint density at radius 1 is 1.30 bits per heavy atom. The predicted molar refractivity (Wildman–Crippen MR) is 68.8 cm³/mol. The zero-order valence-corrected chi connectivity index (χ0v) is 11.4. The molecule has 8 heteroatoms. The third-order valence-electron chi connectivity index (χ3n) is 2.87. The molecule has 0 aliphatic carbocycles. The Morgan fingerprint density at radius 3 is 2.65 bits per heavy atom. The second-order valence-electron chi connectivity index (χ2n) is 5.01. The van der Waals surface area contributed by atoms with E-state index in [1.54, 1.807) is 7.11 Å². The van der Waals surface area contributed by atoms with E-state index in [4.69, 9.17) is 10.5 Å². The van der Waals surface area contributed by atoms with Crippen molar-refractivity contribution in [3.05, 3.63) is 23.8 Å².